The number of carbonyl (C=O) groups is 1. The van der Waals surface area contributed by atoms with Gasteiger partial charge in [-0.3, -0.25) is 4.79 Å². The summed E-state index contributed by atoms with van der Waals surface area (Å²) in [4.78, 5) is 11.1. The Morgan fingerprint density at radius 3 is 2.38 bits per heavy atom. The van der Waals surface area contributed by atoms with Crippen molar-refractivity contribution in [2.45, 2.75) is 26.2 Å². The van der Waals surface area contributed by atoms with Gasteiger partial charge in [0.2, 0.25) is 0 Å². The first-order chi connectivity index (χ1) is 6.18. The van der Waals surface area contributed by atoms with Gasteiger partial charge in [-0.15, -0.1) is 0 Å². The molecule has 0 aliphatic heterocycles. The van der Waals surface area contributed by atoms with Crippen LogP contribution in [0.25, 0.3) is 0 Å². The van der Waals surface area contributed by atoms with Gasteiger partial charge in [0.1, 0.15) is 5.78 Å². The molecular formula is C12H14O. The topological polar surface area (TPSA) is 17.1 Å². The number of carbonyl (C=O) groups excluding carboxylic acids is 1. The maximum Gasteiger partial charge on any atom is 0.133 e. The SMILES string of the molecule is CC(=O)[C@@H]1C[C@@H]1c1ccc(C)cc1. The Morgan fingerprint density at radius 1 is 1.31 bits per heavy atom. The largest absolute Gasteiger partial charge is 0.300 e. The molecule has 0 bridgehead atoms. The van der Waals surface area contributed by atoms with E-state index in [-0.39, 0.29) is 0 Å². The van der Waals surface area contributed by atoms with E-state index in [4.69, 9.17) is 0 Å². The van der Waals surface area contributed by atoms with Crippen molar-refractivity contribution in [3.8, 4) is 0 Å². The van der Waals surface area contributed by atoms with Crippen molar-refractivity contribution < 1.29 is 4.79 Å². The Morgan fingerprint density at radius 2 is 1.92 bits per heavy atom. The summed E-state index contributed by atoms with van der Waals surface area (Å²) in [7, 11) is 0. The molecule has 0 N–H and O–H groups in total. The van der Waals surface area contributed by atoms with Crippen molar-refractivity contribution in [1.82, 2.24) is 0 Å². The zero-order chi connectivity index (χ0) is 9.42. The predicted octanol–water partition coefficient (Wildman–Crippen LogP) is 2.69. The highest BCUT2D eigenvalue weighted by Crippen LogP contribution is 2.47. The Balaban J connectivity index is 2.12. The average molecular weight is 174 g/mol. The van der Waals surface area contributed by atoms with Crippen LogP contribution >= 0.6 is 0 Å². The molecule has 2 rings (SSSR count). The fraction of sp³-hybridized carbons (Fsp3) is 0.417. The van der Waals surface area contributed by atoms with E-state index in [1.807, 2.05) is 0 Å². The summed E-state index contributed by atoms with van der Waals surface area (Å²) >= 11 is 0. The first-order valence-corrected chi connectivity index (χ1v) is 4.75. The molecule has 0 radical (unpaired) electrons. The van der Waals surface area contributed by atoms with Gasteiger partial charge in [0.15, 0.2) is 0 Å². The number of aryl methyl sites for hydroxylation is 1. The van der Waals surface area contributed by atoms with Gasteiger partial charge in [0, 0.05) is 5.92 Å². The minimum Gasteiger partial charge on any atom is -0.300 e. The molecule has 0 spiro atoms. The molecule has 2 atom stereocenters. The van der Waals surface area contributed by atoms with E-state index in [1.54, 1.807) is 6.92 Å². The third-order valence-electron chi connectivity index (χ3n) is 2.82. The van der Waals surface area contributed by atoms with E-state index in [1.165, 1.54) is 11.1 Å². The average Bonchev–Trinajstić information content (AvgIpc) is 2.85. The quantitative estimate of drug-likeness (QED) is 0.673. The van der Waals surface area contributed by atoms with Crippen molar-refractivity contribution in [2.24, 2.45) is 5.92 Å². The van der Waals surface area contributed by atoms with Crippen LogP contribution in [0.2, 0.25) is 0 Å². The molecule has 0 aromatic heterocycles. The Labute approximate surface area is 78.8 Å². The summed E-state index contributed by atoms with van der Waals surface area (Å²) in [5.74, 6) is 1.16. The van der Waals surface area contributed by atoms with Crippen LogP contribution in [0.5, 0.6) is 0 Å². The van der Waals surface area contributed by atoms with Crippen molar-refractivity contribution in [3.05, 3.63) is 35.4 Å². The Kier molecular flexibility index (Phi) is 1.95. The zero-order valence-electron chi connectivity index (χ0n) is 8.08. The molecule has 1 aromatic rings. The van der Waals surface area contributed by atoms with E-state index < -0.39 is 0 Å². The Bertz CT molecular complexity index is 323. The normalized spacial score (nSPS) is 25.7. The first-order valence-electron chi connectivity index (χ1n) is 4.75. The lowest BCUT2D eigenvalue weighted by atomic mass is 10.1. The number of ketones is 1. The molecule has 1 aliphatic carbocycles. The van der Waals surface area contributed by atoms with Crippen LogP contribution in [-0.2, 0) is 4.79 Å². The molecule has 0 heterocycles. The minimum atomic E-state index is 0.308. The number of hydrogen-bond acceptors (Lipinski definition) is 1. The van der Waals surface area contributed by atoms with Crippen LogP contribution in [0.15, 0.2) is 24.3 Å². The van der Waals surface area contributed by atoms with Crippen LogP contribution in [0, 0.1) is 12.8 Å². The third-order valence-corrected chi connectivity index (χ3v) is 2.82. The van der Waals surface area contributed by atoms with Crippen molar-refractivity contribution in [2.75, 3.05) is 0 Å². The maximum atomic E-state index is 11.1. The standard InChI is InChI=1S/C12H14O/c1-8-3-5-10(6-4-8)12-7-11(12)9(2)13/h3-6,11-12H,7H2,1-2H3/t11-,12+/m0/s1. The molecule has 68 valence electrons. The highest BCUT2D eigenvalue weighted by molar-refractivity contribution is 5.82. The molecule has 1 aromatic carbocycles. The molecule has 0 unspecified atom stereocenters. The van der Waals surface area contributed by atoms with Gasteiger partial charge >= 0.3 is 0 Å². The fourth-order valence-corrected chi connectivity index (χ4v) is 1.83. The minimum absolute atomic E-state index is 0.308. The van der Waals surface area contributed by atoms with Gasteiger partial charge in [-0.25, -0.2) is 0 Å². The summed E-state index contributed by atoms with van der Waals surface area (Å²) in [5.41, 5.74) is 2.61. The second-order valence-electron chi connectivity index (χ2n) is 3.97. The Hall–Kier alpha value is -1.11. The van der Waals surface area contributed by atoms with Crippen molar-refractivity contribution >= 4 is 5.78 Å². The summed E-state index contributed by atoms with van der Waals surface area (Å²) < 4.78 is 0. The van der Waals surface area contributed by atoms with Crippen molar-refractivity contribution in [3.63, 3.8) is 0 Å². The molecule has 0 saturated heterocycles. The smallest absolute Gasteiger partial charge is 0.133 e. The second-order valence-corrected chi connectivity index (χ2v) is 3.97. The lowest BCUT2D eigenvalue weighted by Crippen LogP contribution is -1.94. The molecule has 1 heteroatoms. The second kappa shape index (κ2) is 2.99. The van der Waals surface area contributed by atoms with Crippen LogP contribution < -0.4 is 0 Å². The molecule has 13 heavy (non-hydrogen) atoms. The zero-order valence-corrected chi connectivity index (χ0v) is 8.08. The highest BCUT2D eigenvalue weighted by Gasteiger charge is 2.41. The lowest BCUT2D eigenvalue weighted by Gasteiger charge is -1.98. The van der Waals surface area contributed by atoms with E-state index in [0.29, 0.717) is 17.6 Å². The molecule has 1 fully saturated rings. The number of benzene rings is 1. The number of Topliss-reactive ketones (excluding diaryl/α,β-unsaturated/α-hetero) is 1. The number of rotatable bonds is 2. The summed E-state index contributed by atoms with van der Waals surface area (Å²) in [6, 6.07) is 8.52. The third kappa shape index (κ3) is 1.64. The summed E-state index contributed by atoms with van der Waals surface area (Å²) in [5, 5.41) is 0. The maximum absolute atomic E-state index is 11.1. The van der Waals surface area contributed by atoms with E-state index in [2.05, 4.69) is 31.2 Å². The first kappa shape index (κ1) is 8.49. The lowest BCUT2D eigenvalue weighted by molar-refractivity contribution is -0.118. The van der Waals surface area contributed by atoms with Crippen molar-refractivity contribution in [1.29, 1.82) is 0 Å². The van der Waals surface area contributed by atoms with Gasteiger partial charge in [-0.05, 0) is 31.7 Å². The summed E-state index contributed by atoms with van der Waals surface area (Å²) in [6.45, 7) is 3.78. The van der Waals surface area contributed by atoms with Gasteiger partial charge < -0.3 is 0 Å². The van der Waals surface area contributed by atoms with Gasteiger partial charge in [0.25, 0.3) is 0 Å². The molecule has 1 aliphatic rings. The van der Waals surface area contributed by atoms with Gasteiger partial charge in [-0.2, -0.15) is 0 Å². The monoisotopic (exact) mass is 174 g/mol. The highest BCUT2D eigenvalue weighted by atomic mass is 16.1. The van der Waals surface area contributed by atoms with E-state index >= 15 is 0 Å². The number of hydrogen-bond donors (Lipinski definition) is 0. The van der Waals surface area contributed by atoms with Crippen LogP contribution in [0.4, 0.5) is 0 Å². The molecule has 1 saturated carbocycles. The van der Waals surface area contributed by atoms with E-state index in [9.17, 15) is 4.79 Å². The van der Waals surface area contributed by atoms with Crippen LogP contribution in [-0.4, -0.2) is 5.78 Å². The van der Waals surface area contributed by atoms with Crippen LogP contribution in [0.3, 0.4) is 0 Å². The fourth-order valence-electron chi connectivity index (χ4n) is 1.83. The van der Waals surface area contributed by atoms with Gasteiger partial charge in [0.05, 0.1) is 0 Å². The van der Waals surface area contributed by atoms with Crippen LogP contribution in [0.1, 0.15) is 30.4 Å². The molecular weight excluding hydrogens is 160 g/mol. The van der Waals surface area contributed by atoms with E-state index in [0.717, 1.165) is 6.42 Å². The summed E-state index contributed by atoms with van der Waals surface area (Å²) in [6.07, 6.45) is 1.05. The predicted molar refractivity (Wildman–Crippen MR) is 52.7 cm³/mol. The molecule has 0 amide bonds. The molecule has 1 nitrogen and oxygen atoms in total. The van der Waals surface area contributed by atoms with Gasteiger partial charge in [-0.1, -0.05) is 29.8 Å².